The van der Waals surface area contributed by atoms with Crippen molar-refractivity contribution in [1.82, 2.24) is 5.32 Å². The molecule has 0 aliphatic carbocycles. The molecule has 2 rings (SSSR count). The molecule has 0 spiro atoms. The Morgan fingerprint density at radius 2 is 1.68 bits per heavy atom. The van der Waals surface area contributed by atoms with Crippen LogP contribution in [0, 0.1) is 0 Å². The lowest BCUT2D eigenvalue weighted by atomic mass is 10.1. The molecular weight excluding hydrogens is 356 g/mol. The molecule has 2 amide bonds. The molecule has 28 heavy (non-hydrogen) atoms. The predicted molar refractivity (Wildman–Crippen MR) is 110 cm³/mol. The molecule has 6 nitrogen and oxygen atoms in total. The van der Waals surface area contributed by atoms with Gasteiger partial charge >= 0.3 is 0 Å². The Labute approximate surface area is 166 Å². The van der Waals surface area contributed by atoms with Gasteiger partial charge in [0.05, 0.1) is 18.9 Å². The van der Waals surface area contributed by atoms with Crippen LogP contribution in [0.15, 0.2) is 48.5 Å². The largest absolute Gasteiger partial charge is 0.496 e. The van der Waals surface area contributed by atoms with E-state index in [-0.39, 0.29) is 24.5 Å². The lowest BCUT2D eigenvalue weighted by molar-refractivity contribution is -0.123. The first-order valence-corrected chi connectivity index (χ1v) is 9.34. The topological polar surface area (TPSA) is 67.9 Å². The summed E-state index contributed by atoms with van der Waals surface area (Å²) in [6.45, 7) is 5.65. The fourth-order valence-corrected chi connectivity index (χ4v) is 2.85. The number of para-hydroxylation sites is 3. The monoisotopic (exact) mass is 384 g/mol. The highest BCUT2D eigenvalue weighted by Gasteiger charge is 2.19. The standard InChI is InChI=1S/C22H28N2O4/c1-16(2)28-21-12-8-6-10-19(21)24(17(3)25)15-22(26)23-14-13-18-9-5-7-11-20(18)27-4/h5-12,16H,13-15H2,1-4H3,(H,23,26). The number of hydrogen-bond acceptors (Lipinski definition) is 4. The highest BCUT2D eigenvalue weighted by molar-refractivity contribution is 5.98. The van der Waals surface area contributed by atoms with Gasteiger partial charge in [-0.1, -0.05) is 30.3 Å². The number of benzene rings is 2. The van der Waals surface area contributed by atoms with Crippen LogP contribution in [0.25, 0.3) is 0 Å². The maximum absolute atomic E-state index is 12.4. The number of carbonyl (C=O) groups is 2. The molecule has 0 saturated carbocycles. The van der Waals surface area contributed by atoms with Gasteiger partial charge in [0.2, 0.25) is 11.8 Å². The van der Waals surface area contributed by atoms with Crippen molar-refractivity contribution in [3.8, 4) is 11.5 Å². The van der Waals surface area contributed by atoms with Crippen LogP contribution < -0.4 is 19.7 Å². The lowest BCUT2D eigenvalue weighted by Gasteiger charge is -2.24. The van der Waals surface area contributed by atoms with Gasteiger partial charge in [0.1, 0.15) is 18.0 Å². The first-order chi connectivity index (χ1) is 13.4. The number of nitrogens with zero attached hydrogens (tertiary/aromatic N) is 1. The van der Waals surface area contributed by atoms with Crippen LogP contribution in [0.2, 0.25) is 0 Å². The number of rotatable bonds is 9. The van der Waals surface area contributed by atoms with Crippen LogP contribution in [0.4, 0.5) is 5.69 Å². The number of ether oxygens (including phenoxy) is 2. The van der Waals surface area contributed by atoms with E-state index in [9.17, 15) is 9.59 Å². The Morgan fingerprint density at radius 1 is 1.04 bits per heavy atom. The maximum atomic E-state index is 12.4. The summed E-state index contributed by atoms with van der Waals surface area (Å²) in [6.07, 6.45) is 0.604. The molecule has 1 N–H and O–H groups in total. The van der Waals surface area contributed by atoms with E-state index in [0.717, 1.165) is 11.3 Å². The van der Waals surface area contributed by atoms with Crippen molar-refractivity contribution in [2.75, 3.05) is 25.1 Å². The first-order valence-electron chi connectivity index (χ1n) is 9.34. The Kier molecular flexibility index (Phi) is 7.87. The molecule has 150 valence electrons. The van der Waals surface area contributed by atoms with Crippen molar-refractivity contribution in [2.45, 2.75) is 33.3 Å². The summed E-state index contributed by atoms with van der Waals surface area (Å²) >= 11 is 0. The second kappa shape index (κ2) is 10.3. The molecule has 0 fully saturated rings. The molecule has 0 atom stereocenters. The number of nitrogens with one attached hydrogen (secondary N) is 1. The van der Waals surface area contributed by atoms with E-state index in [2.05, 4.69) is 5.32 Å². The van der Waals surface area contributed by atoms with Gasteiger partial charge in [0, 0.05) is 13.5 Å². The average molecular weight is 384 g/mol. The van der Waals surface area contributed by atoms with E-state index in [0.29, 0.717) is 24.4 Å². The van der Waals surface area contributed by atoms with Crippen LogP contribution in [-0.4, -0.2) is 38.1 Å². The third-order valence-electron chi connectivity index (χ3n) is 4.11. The molecule has 6 heteroatoms. The summed E-state index contributed by atoms with van der Waals surface area (Å²) in [5.74, 6) is 0.917. The number of hydrogen-bond donors (Lipinski definition) is 1. The van der Waals surface area contributed by atoms with E-state index in [4.69, 9.17) is 9.47 Å². The van der Waals surface area contributed by atoms with Crippen molar-refractivity contribution in [3.63, 3.8) is 0 Å². The number of amides is 2. The lowest BCUT2D eigenvalue weighted by Crippen LogP contribution is -2.40. The van der Waals surface area contributed by atoms with Gasteiger partial charge in [-0.25, -0.2) is 0 Å². The minimum absolute atomic E-state index is 0.0374. The second-order valence-electron chi connectivity index (χ2n) is 6.65. The van der Waals surface area contributed by atoms with Gasteiger partial charge in [-0.3, -0.25) is 14.5 Å². The summed E-state index contributed by atoms with van der Waals surface area (Å²) in [5.41, 5.74) is 1.60. The number of carbonyl (C=O) groups excluding carboxylic acids is 2. The smallest absolute Gasteiger partial charge is 0.240 e. The predicted octanol–water partition coefficient (Wildman–Crippen LogP) is 3.19. The fourth-order valence-electron chi connectivity index (χ4n) is 2.85. The summed E-state index contributed by atoms with van der Waals surface area (Å²) in [7, 11) is 1.62. The second-order valence-corrected chi connectivity index (χ2v) is 6.65. The van der Waals surface area contributed by atoms with Crippen molar-refractivity contribution < 1.29 is 19.1 Å². The molecule has 0 bridgehead atoms. The van der Waals surface area contributed by atoms with Crippen LogP contribution in [0.5, 0.6) is 11.5 Å². The van der Waals surface area contributed by atoms with Crippen molar-refractivity contribution >= 4 is 17.5 Å². The van der Waals surface area contributed by atoms with E-state index in [1.54, 1.807) is 19.2 Å². The normalized spacial score (nSPS) is 10.5. The molecule has 0 saturated heterocycles. The Hall–Kier alpha value is -3.02. The van der Waals surface area contributed by atoms with Crippen molar-refractivity contribution in [1.29, 1.82) is 0 Å². The molecule has 0 heterocycles. The van der Waals surface area contributed by atoms with Crippen LogP contribution in [0.3, 0.4) is 0 Å². The fraction of sp³-hybridized carbons (Fsp3) is 0.364. The Bertz CT molecular complexity index is 805. The zero-order valence-corrected chi connectivity index (χ0v) is 16.9. The summed E-state index contributed by atoms with van der Waals surface area (Å²) in [6, 6.07) is 14.9. The van der Waals surface area contributed by atoms with Gasteiger partial charge in [0.15, 0.2) is 0 Å². The molecule has 0 aliphatic rings. The van der Waals surface area contributed by atoms with E-state index in [1.165, 1.54) is 11.8 Å². The first kappa shape index (κ1) is 21.3. The molecule has 2 aromatic rings. The van der Waals surface area contributed by atoms with Gasteiger partial charge in [-0.15, -0.1) is 0 Å². The quantitative estimate of drug-likeness (QED) is 0.721. The van der Waals surface area contributed by atoms with Crippen molar-refractivity contribution in [2.24, 2.45) is 0 Å². The molecule has 0 radical (unpaired) electrons. The van der Waals surface area contributed by atoms with Gasteiger partial charge in [-0.2, -0.15) is 0 Å². The Balaban J connectivity index is 2.01. The highest BCUT2D eigenvalue weighted by Crippen LogP contribution is 2.29. The molecule has 0 aliphatic heterocycles. The van der Waals surface area contributed by atoms with Gasteiger partial charge in [0.25, 0.3) is 0 Å². The van der Waals surface area contributed by atoms with E-state index < -0.39 is 0 Å². The molecule has 0 aromatic heterocycles. The zero-order valence-electron chi connectivity index (χ0n) is 16.9. The SMILES string of the molecule is COc1ccccc1CCNC(=O)CN(C(C)=O)c1ccccc1OC(C)C. The van der Waals surface area contributed by atoms with E-state index >= 15 is 0 Å². The summed E-state index contributed by atoms with van der Waals surface area (Å²) in [5, 5.41) is 2.87. The number of methoxy groups -OCH3 is 1. The van der Waals surface area contributed by atoms with E-state index in [1.807, 2.05) is 50.2 Å². The van der Waals surface area contributed by atoms with Gasteiger partial charge < -0.3 is 14.8 Å². The molecular formula is C22H28N2O4. The third-order valence-corrected chi connectivity index (χ3v) is 4.11. The Morgan fingerprint density at radius 3 is 2.32 bits per heavy atom. The third kappa shape index (κ3) is 6.01. The minimum Gasteiger partial charge on any atom is -0.496 e. The number of anilines is 1. The van der Waals surface area contributed by atoms with Crippen LogP contribution in [-0.2, 0) is 16.0 Å². The zero-order chi connectivity index (χ0) is 20.5. The van der Waals surface area contributed by atoms with Crippen molar-refractivity contribution in [3.05, 3.63) is 54.1 Å². The summed E-state index contributed by atoms with van der Waals surface area (Å²) in [4.78, 5) is 26.0. The summed E-state index contributed by atoms with van der Waals surface area (Å²) < 4.78 is 11.1. The average Bonchev–Trinajstić information content (AvgIpc) is 2.66. The molecule has 0 unspecified atom stereocenters. The van der Waals surface area contributed by atoms with Gasteiger partial charge in [-0.05, 0) is 44.0 Å². The highest BCUT2D eigenvalue weighted by atomic mass is 16.5. The minimum atomic E-state index is -0.232. The van der Waals surface area contributed by atoms with Crippen LogP contribution >= 0.6 is 0 Å². The van der Waals surface area contributed by atoms with Crippen LogP contribution in [0.1, 0.15) is 26.3 Å². The molecule has 2 aromatic carbocycles. The maximum Gasteiger partial charge on any atom is 0.240 e.